The lowest BCUT2D eigenvalue weighted by Crippen LogP contribution is -2.37. The molecule has 0 aliphatic carbocycles. The number of hydrogen-bond acceptors (Lipinski definition) is 4. The third kappa shape index (κ3) is 3.55. The first-order chi connectivity index (χ1) is 10.5. The zero-order chi connectivity index (χ0) is 16.2. The number of aliphatic hydroxyl groups excluding tert-OH is 1. The van der Waals surface area contributed by atoms with Gasteiger partial charge in [0.1, 0.15) is 5.25 Å². The van der Waals surface area contributed by atoms with Crippen LogP contribution < -0.4 is 5.73 Å². The van der Waals surface area contributed by atoms with Crippen LogP contribution in [0.3, 0.4) is 0 Å². The third-order valence-corrected chi connectivity index (χ3v) is 6.02. The molecule has 2 aromatic rings. The van der Waals surface area contributed by atoms with Crippen LogP contribution in [0.5, 0.6) is 0 Å². The molecule has 0 bridgehead atoms. The van der Waals surface area contributed by atoms with E-state index in [-0.39, 0.29) is 5.75 Å². The molecule has 0 heterocycles. The van der Waals surface area contributed by atoms with Gasteiger partial charge in [-0.1, -0.05) is 61.5 Å². The summed E-state index contributed by atoms with van der Waals surface area (Å²) in [5.74, 6) is -0.0337. The van der Waals surface area contributed by atoms with Crippen LogP contribution in [0.15, 0.2) is 54.6 Å². The summed E-state index contributed by atoms with van der Waals surface area (Å²) in [5, 5.41) is 8.43. The number of rotatable bonds is 6. The Morgan fingerprint density at radius 3 is 2.05 bits per heavy atom. The van der Waals surface area contributed by atoms with Gasteiger partial charge in [0.25, 0.3) is 0 Å². The number of hydrogen-bond donors (Lipinski definition) is 2. The molecule has 0 aromatic heterocycles. The van der Waals surface area contributed by atoms with E-state index in [0.717, 1.165) is 11.1 Å². The molecular weight excluding hydrogens is 298 g/mol. The summed E-state index contributed by atoms with van der Waals surface area (Å²) < 4.78 is 24.0. The van der Waals surface area contributed by atoms with Gasteiger partial charge in [-0.2, -0.15) is 0 Å². The first kappa shape index (κ1) is 16.7. The Bertz CT molecular complexity index is 696. The Morgan fingerprint density at radius 2 is 1.55 bits per heavy atom. The van der Waals surface area contributed by atoms with Crippen LogP contribution in [-0.2, 0) is 9.84 Å². The summed E-state index contributed by atoms with van der Waals surface area (Å²) >= 11 is 0. The minimum absolute atomic E-state index is 0.0337. The van der Waals surface area contributed by atoms with Crippen molar-refractivity contribution >= 4 is 9.84 Å². The van der Waals surface area contributed by atoms with Crippen molar-refractivity contribution in [3.05, 3.63) is 60.2 Å². The van der Waals surface area contributed by atoms with Crippen molar-refractivity contribution in [3.63, 3.8) is 0 Å². The highest BCUT2D eigenvalue weighted by atomic mass is 32.2. The van der Waals surface area contributed by atoms with Gasteiger partial charge in [-0.05, 0) is 16.7 Å². The Hall–Kier alpha value is -1.69. The predicted molar refractivity (Wildman–Crippen MR) is 89.1 cm³/mol. The van der Waals surface area contributed by atoms with Crippen LogP contribution in [0.2, 0.25) is 0 Å². The van der Waals surface area contributed by atoms with E-state index < -0.39 is 27.7 Å². The van der Waals surface area contributed by atoms with Gasteiger partial charge >= 0.3 is 0 Å². The van der Waals surface area contributed by atoms with Crippen LogP contribution in [0.25, 0.3) is 11.1 Å². The highest BCUT2D eigenvalue weighted by Gasteiger charge is 2.30. The van der Waals surface area contributed by atoms with Gasteiger partial charge in [-0.15, -0.1) is 0 Å². The van der Waals surface area contributed by atoms with E-state index in [9.17, 15) is 13.5 Å². The normalized spacial score (nSPS) is 14.5. The standard InChI is InChI=1S/C17H21NO3S/c1-2-22(20,21)16(12-19)17(18)15-10-8-14(9-11-15)13-6-4-3-5-7-13/h3-11,16-17,19H,2,12,18H2,1H3/t16-,17-/m0/s1. The quantitative estimate of drug-likeness (QED) is 0.855. The molecule has 0 saturated heterocycles. The molecule has 22 heavy (non-hydrogen) atoms. The van der Waals surface area contributed by atoms with Crippen LogP contribution in [0.4, 0.5) is 0 Å². The smallest absolute Gasteiger partial charge is 0.157 e. The summed E-state index contributed by atoms with van der Waals surface area (Å²) in [6, 6.07) is 16.6. The number of sulfone groups is 1. The van der Waals surface area contributed by atoms with Crippen molar-refractivity contribution in [3.8, 4) is 11.1 Å². The monoisotopic (exact) mass is 319 g/mol. The maximum absolute atomic E-state index is 12.0. The lowest BCUT2D eigenvalue weighted by Gasteiger charge is -2.22. The lowest BCUT2D eigenvalue weighted by atomic mass is 10.00. The van der Waals surface area contributed by atoms with Gasteiger partial charge in [-0.3, -0.25) is 0 Å². The third-order valence-electron chi connectivity index (χ3n) is 3.85. The van der Waals surface area contributed by atoms with Crippen molar-refractivity contribution in [1.29, 1.82) is 0 Å². The Labute approximate surface area is 131 Å². The summed E-state index contributed by atoms with van der Waals surface area (Å²) in [6.45, 7) is 1.08. The fourth-order valence-electron chi connectivity index (χ4n) is 2.41. The average molecular weight is 319 g/mol. The van der Waals surface area contributed by atoms with Crippen LogP contribution in [-0.4, -0.2) is 31.1 Å². The van der Waals surface area contributed by atoms with E-state index in [1.807, 2.05) is 54.6 Å². The predicted octanol–water partition coefficient (Wildman–Crippen LogP) is 2.15. The van der Waals surface area contributed by atoms with Crippen LogP contribution in [0, 0.1) is 0 Å². The van der Waals surface area contributed by atoms with Crippen molar-refractivity contribution in [2.24, 2.45) is 5.73 Å². The maximum Gasteiger partial charge on any atom is 0.157 e. The molecule has 5 heteroatoms. The summed E-state index contributed by atoms with van der Waals surface area (Å²) in [5.41, 5.74) is 8.89. The van der Waals surface area contributed by atoms with E-state index in [2.05, 4.69) is 0 Å². The van der Waals surface area contributed by atoms with E-state index in [4.69, 9.17) is 5.73 Å². The van der Waals surface area contributed by atoms with Gasteiger partial charge in [0, 0.05) is 11.8 Å². The van der Waals surface area contributed by atoms with Crippen molar-refractivity contribution < 1.29 is 13.5 Å². The highest BCUT2D eigenvalue weighted by Crippen LogP contribution is 2.24. The first-order valence-corrected chi connectivity index (χ1v) is 8.94. The Morgan fingerprint density at radius 1 is 1.00 bits per heavy atom. The van der Waals surface area contributed by atoms with Crippen molar-refractivity contribution in [2.75, 3.05) is 12.4 Å². The van der Waals surface area contributed by atoms with Gasteiger partial charge in [0.2, 0.25) is 0 Å². The van der Waals surface area contributed by atoms with E-state index >= 15 is 0 Å². The number of nitrogens with two attached hydrogens (primary N) is 1. The van der Waals surface area contributed by atoms with Gasteiger partial charge in [0.05, 0.1) is 6.61 Å². The topological polar surface area (TPSA) is 80.4 Å². The second-order valence-electron chi connectivity index (χ2n) is 5.19. The molecule has 2 rings (SSSR count). The summed E-state index contributed by atoms with van der Waals surface area (Å²) in [6.07, 6.45) is 0. The van der Waals surface area contributed by atoms with Gasteiger partial charge in [0.15, 0.2) is 9.84 Å². The first-order valence-electron chi connectivity index (χ1n) is 7.23. The molecule has 0 unspecified atom stereocenters. The molecule has 0 aliphatic heterocycles. The maximum atomic E-state index is 12.0. The molecule has 0 amide bonds. The molecule has 118 valence electrons. The largest absolute Gasteiger partial charge is 0.395 e. The molecule has 3 N–H and O–H groups in total. The average Bonchev–Trinajstić information content (AvgIpc) is 2.56. The highest BCUT2D eigenvalue weighted by molar-refractivity contribution is 7.92. The second-order valence-corrected chi connectivity index (χ2v) is 7.69. The van der Waals surface area contributed by atoms with E-state index in [1.165, 1.54) is 0 Å². The zero-order valence-electron chi connectivity index (χ0n) is 12.5. The molecule has 0 fully saturated rings. The zero-order valence-corrected chi connectivity index (χ0v) is 13.3. The second kappa shape index (κ2) is 7.05. The van der Waals surface area contributed by atoms with Crippen LogP contribution >= 0.6 is 0 Å². The lowest BCUT2D eigenvalue weighted by molar-refractivity contribution is 0.277. The fourth-order valence-corrected chi connectivity index (χ4v) is 3.67. The molecule has 0 spiro atoms. The Balaban J connectivity index is 2.26. The number of benzene rings is 2. The van der Waals surface area contributed by atoms with Crippen LogP contribution in [0.1, 0.15) is 18.5 Å². The van der Waals surface area contributed by atoms with Gasteiger partial charge in [-0.25, -0.2) is 8.42 Å². The van der Waals surface area contributed by atoms with Crippen molar-refractivity contribution in [2.45, 2.75) is 18.2 Å². The Kier molecular flexibility index (Phi) is 5.34. The molecule has 2 aromatic carbocycles. The molecule has 0 saturated carbocycles. The minimum Gasteiger partial charge on any atom is -0.395 e. The SMILES string of the molecule is CCS(=O)(=O)[C@@H](CO)[C@@H](N)c1ccc(-c2ccccc2)cc1. The molecule has 0 radical (unpaired) electrons. The van der Waals surface area contributed by atoms with Gasteiger partial charge < -0.3 is 10.8 Å². The minimum atomic E-state index is -3.40. The molecule has 2 atom stereocenters. The summed E-state index contributed by atoms with van der Waals surface area (Å²) in [4.78, 5) is 0. The summed E-state index contributed by atoms with van der Waals surface area (Å²) in [7, 11) is -3.40. The molecule has 4 nitrogen and oxygen atoms in total. The van der Waals surface area contributed by atoms with Crippen molar-refractivity contribution in [1.82, 2.24) is 0 Å². The molecular formula is C17H21NO3S. The number of aliphatic hydroxyl groups is 1. The van der Waals surface area contributed by atoms with E-state index in [1.54, 1.807) is 6.92 Å². The van der Waals surface area contributed by atoms with E-state index in [0.29, 0.717) is 5.56 Å². The molecule has 0 aliphatic rings. The fraction of sp³-hybridized carbons (Fsp3) is 0.294.